The minimum Gasteiger partial charge on any atom is -0.497 e. The summed E-state index contributed by atoms with van der Waals surface area (Å²) in [5.41, 5.74) is 2.31. The van der Waals surface area contributed by atoms with Crippen LogP contribution in [0.1, 0.15) is 11.3 Å². The highest BCUT2D eigenvalue weighted by molar-refractivity contribution is 5.79. The van der Waals surface area contributed by atoms with Crippen LogP contribution in [0.25, 0.3) is 11.3 Å². The van der Waals surface area contributed by atoms with Gasteiger partial charge in [-0.25, -0.2) is 4.39 Å². The monoisotopic (exact) mass is 382 g/mol. The van der Waals surface area contributed by atoms with Gasteiger partial charge in [0.2, 0.25) is 5.91 Å². The number of aromatic nitrogens is 1. The Bertz CT molecular complexity index is 984. The van der Waals surface area contributed by atoms with E-state index in [4.69, 9.17) is 14.0 Å². The average molecular weight is 382 g/mol. The normalized spacial score (nSPS) is 15.4. The van der Waals surface area contributed by atoms with Crippen LogP contribution in [-0.2, 0) is 17.8 Å². The zero-order chi connectivity index (χ0) is 19.5. The van der Waals surface area contributed by atoms with Gasteiger partial charge in [-0.3, -0.25) is 4.79 Å². The summed E-state index contributed by atoms with van der Waals surface area (Å²) in [7, 11) is 1.60. The molecule has 0 radical (unpaired) electrons. The average Bonchev–Trinajstić information content (AvgIpc) is 3.20. The van der Waals surface area contributed by atoms with E-state index in [0.29, 0.717) is 24.5 Å². The Morgan fingerprint density at radius 2 is 2.07 bits per heavy atom. The number of ether oxygens (including phenoxy) is 2. The molecule has 1 amide bonds. The fourth-order valence-corrected chi connectivity index (χ4v) is 3.12. The molecule has 0 aliphatic carbocycles. The number of hydrogen-bond acceptors (Lipinski definition) is 5. The molecule has 4 rings (SSSR count). The number of methoxy groups -OCH3 is 1. The van der Waals surface area contributed by atoms with Crippen molar-refractivity contribution in [2.45, 2.75) is 13.0 Å². The molecule has 1 aliphatic heterocycles. The minimum absolute atomic E-state index is 0.110. The van der Waals surface area contributed by atoms with Gasteiger partial charge in [-0.2, -0.15) is 0 Å². The zero-order valence-corrected chi connectivity index (χ0v) is 15.3. The Hall–Kier alpha value is -3.35. The maximum Gasteiger partial charge on any atom is 0.227 e. The van der Waals surface area contributed by atoms with E-state index < -0.39 is 0 Å². The lowest BCUT2D eigenvalue weighted by Crippen LogP contribution is -2.36. The van der Waals surface area contributed by atoms with Gasteiger partial charge < -0.3 is 19.3 Å². The summed E-state index contributed by atoms with van der Waals surface area (Å²) in [4.78, 5) is 12.5. The summed E-state index contributed by atoms with van der Waals surface area (Å²) in [5, 5.41) is 6.83. The van der Waals surface area contributed by atoms with Crippen molar-refractivity contribution < 1.29 is 23.2 Å². The van der Waals surface area contributed by atoms with Crippen LogP contribution in [0.15, 0.2) is 53.1 Å². The molecule has 7 heteroatoms. The van der Waals surface area contributed by atoms with Gasteiger partial charge >= 0.3 is 0 Å². The minimum atomic E-state index is -0.311. The van der Waals surface area contributed by atoms with E-state index in [1.165, 1.54) is 12.1 Å². The van der Waals surface area contributed by atoms with Crippen molar-refractivity contribution in [3.05, 3.63) is 65.7 Å². The highest BCUT2D eigenvalue weighted by Crippen LogP contribution is 2.31. The third-order valence-electron chi connectivity index (χ3n) is 4.69. The van der Waals surface area contributed by atoms with Gasteiger partial charge in [0.25, 0.3) is 0 Å². The maximum absolute atomic E-state index is 13.0. The highest BCUT2D eigenvalue weighted by atomic mass is 19.1. The standard InChI is InChI=1S/C21H19FN2O4/c1-26-17-7-4-14-8-15(12-27-20(14)10-17)21(25)23-11-18-9-19(24-28-18)13-2-5-16(22)6-3-13/h2-7,9-10,15H,8,11-12H2,1H3,(H,23,25). The summed E-state index contributed by atoms with van der Waals surface area (Å²) in [6.45, 7) is 0.530. The number of halogens is 1. The number of hydrogen-bond donors (Lipinski definition) is 1. The Morgan fingerprint density at radius 3 is 2.86 bits per heavy atom. The van der Waals surface area contributed by atoms with Crippen LogP contribution in [0.4, 0.5) is 4.39 Å². The van der Waals surface area contributed by atoms with E-state index in [-0.39, 0.29) is 24.2 Å². The van der Waals surface area contributed by atoms with Gasteiger partial charge in [-0.05, 0) is 42.3 Å². The Morgan fingerprint density at radius 1 is 1.25 bits per heavy atom. The maximum atomic E-state index is 13.0. The topological polar surface area (TPSA) is 73.6 Å². The molecule has 6 nitrogen and oxygen atoms in total. The first-order chi connectivity index (χ1) is 13.6. The van der Waals surface area contributed by atoms with Crippen molar-refractivity contribution in [3.8, 4) is 22.8 Å². The van der Waals surface area contributed by atoms with Crippen molar-refractivity contribution in [2.75, 3.05) is 13.7 Å². The number of amides is 1. The molecule has 2 aromatic carbocycles. The van der Waals surface area contributed by atoms with Crippen LogP contribution in [0.3, 0.4) is 0 Å². The fourth-order valence-electron chi connectivity index (χ4n) is 3.12. The van der Waals surface area contributed by atoms with Crippen LogP contribution < -0.4 is 14.8 Å². The Labute approximate surface area is 161 Å². The van der Waals surface area contributed by atoms with E-state index in [9.17, 15) is 9.18 Å². The van der Waals surface area contributed by atoms with Gasteiger partial charge in [0, 0.05) is 17.7 Å². The van der Waals surface area contributed by atoms with Crippen LogP contribution in [0, 0.1) is 11.7 Å². The number of benzene rings is 2. The molecule has 28 heavy (non-hydrogen) atoms. The van der Waals surface area contributed by atoms with Crippen molar-refractivity contribution >= 4 is 5.91 Å². The second-order valence-corrected chi connectivity index (χ2v) is 6.59. The van der Waals surface area contributed by atoms with E-state index in [1.807, 2.05) is 18.2 Å². The fraction of sp³-hybridized carbons (Fsp3) is 0.238. The van der Waals surface area contributed by atoms with Crippen LogP contribution >= 0.6 is 0 Å². The summed E-state index contributed by atoms with van der Waals surface area (Å²) >= 11 is 0. The second-order valence-electron chi connectivity index (χ2n) is 6.59. The van der Waals surface area contributed by atoms with Gasteiger partial charge in [0.15, 0.2) is 5.76 Å². The Balaban J connectivity index is 1.35. The van der Waals surface area contributed by atoms with E-state index in [2.05, 4.69) is 10.5 Å². The zero-order valence-electron chi connectivity index (χ0n) is 15.3. The van der Waals surface area contributed by atoms with Gasteiger partial charge in [0.05, 0.1) is 19.6 Å². The first kappa shape index (κ1) is 18.0. The van der Waals surface area contributed by atoms with Crippen molar-refractivity contribution in [2.24, 2.45) is 5.92 Å². The lowest BCUT2D eigenvalue weighted by atomic mass is 9.96. The van der Waals surface area contributed by atoms with E-state index in [0.717, 1.165) is 22.6 Å². The molecule has 1 atom stereocenters. The SMILES string of the molecule is COc1ccc2c(c1)OCC(C(=O)NCc1cc(-c3ccc(F)cc3)no1)C2. The van der Waals surface area contributed by atoms with Crippen molar-refractivity contribution in [1.29, 1.82) is 0 Å². The molecule has 3 aromatic rings. The third kappa shape index (κ3) is 3.83. The van der Waals surface area contributed by atoms with Gasteiger partial charge in [-0.15, -0.1) is 0 Å². The third-order valence-corrected chi connectivity index (χ3v) is 4.69. The molecular weight excluding hydrogens is 363 g/mol. The number of nitrogens with one attached hydrogen (secondary N) is 1. The molecular formula is C21H19FN2O4. The summed E-state index contributed by atoms with van der Waals surface area (Å²) < 4.78 is 29.2. The molecule has 0 saturated carbocycles. The lowest BCUT2D eigenvalue weighted by molar-refractivity contribution is -0.126. The molecule has 2 heterocycles. The van der Waals surface area contributed by atoms with Crippen LogP contribution in [-0.4, -0.2) is 24.8 Å². The quantitative estimate of drug-likeness (QED) is 0.733. The predicted octanol–water partition coefficient (Wildman–Crippen LogP) is 3.36. The predicted molar refractivity (Wildman–Crippen MR) is 99.4 cm³/mol. The molecule has 1 aromatic heterocycles. The first-order valence-corrected chi connectivity index (χ1v) is 8.91. The lowest BCUT2D eigenvalue weighted by Gasteiger charge is -2.24. The summed E-state index contributed by atoms with van der Waals surface area (Å²) in [5.74, 6) is 1.30. The molecule has 0 saturated heterocycles. The van der Waals surface area contributed by atoms with Gasteiger partial charge in [0.1, 0.15) is 29.6 Å². The summed E-state index contributed by atoms with van der Waals surface area (Å²) in [6, 6.07) is 13.3. The van der Waals surface area contributed by atoms with E-state index >= 15 is 0 Å². The number of rotatable bonds is 5. The molecule has 1 N–H and O–H groups in total. The summed E-state index contributed by atoms with van der Waals surface area (Å²) in [6.07, 6.45) is 0.600. The number of nitrogens with zero attached hydrogens (tertiary/aromatic N) is 1. The number of fused-ring (bicyclic) bond motifs is 1. The van der Waals surface area contributed by atoms with Crippen molar-refractivity contribution in [3.63, 3.8) is 0 Å². The second kappa shape index (κ2) is 7.72. The molecule has 1 aliphatic rings. The molecule has 0 spiro atoms. The molecule has 1 unspecified atom stereocenters. The smallest absolute Gasteiger partial charge is 0.227 e. The van der Waals surface area contributed by atoms with Crippen molar-refractivity contribution in [1.82, 2.24) is 10.5 Å². The first-order valence-electron chi connectivity index (χ1n) is 8.91. The largest absolute Gasteiger partial charge is 0.497 e. The molecule has 0 fully saturated rings. The number of carbonyl (C=O) groups excluding carboxylic acids is 1. The van der Waals surface area contributed by atoms with Gasteiger partial charge in [-0.1, -0.05) is 11.2 Å². The van der Waals surface area contributed by atoms with Crippen LogP contribution in [0.2, 0.25) is 0 Å². The van der Waals surface area contributed by atoms with E-state index in [1.54, 1.807) is 25.3 Å². The van der Waals surface area contributed by atoms with Crippen LogP contribution in [0.5, 0.6) is 11.5 Å². The molecule has 144 valence electrons. The molecule has 0 bridgehead atoms. The Kier molecular flexibility index (Phi) is 4.97. The highest BCUT2D eigenvalue weighted by Gasteiger charge is 2.26. The number of carbonyl (C=O) groups is 1.